The zero-order chi connectivity index (χ0) is 40.8. The average molecular weight is 779 g/mol. The Morgan fingerprint density at radius 1 is 0.375 bits per heavy atom. The fraction of sp³-hybridized carbons (Fsp3) is 0.660. The highest BCUT2D eigenvalue weighted by Gasteiger charge is 2.19. The highest BCUT2D eigenvalue weighted by molar-refractivity contribution is 5.71. The molecule has 6 heteroatoms. The third kappa shape index (κ3) is 41.7. The first-order chi connectivity index (χ1) is 27.5. The molecule has 0 aromatic heterocycles. The van der Waals surface area contributed by atoms with Gasteiger partial charge < -0.3 is 14.2 Å². The van der Waals surface area contributed by atoms with Crippen molar-refractivity contribution in [2.75, 3.05) is 13.2 Å². The summed E-state index contributed by atoms with van der Waals surface area (Å²) in [5.74, 6) is -0.976. The summed E-state index contributed by atoms with van der Waals surface area (Å²) in [7, 11) is 0. The molecule has 0 aliphatic rings. The Hall–Kier alpha value is -3.41. The summed E-state index contributed by atoms with van der Waals surface area (Å²) in [5, 5.41) is 0. The molecule has 0 amide bonds. The second-order valence-corrected chi connectivity index (χ2v) is 14.6. The maximum absolute atomic E-state index is 12.6. The number of hydrogen-bond acceptors (Lipinski definition) is 6. The van der Waals surface area contributed by atoms with Gasteiger partial charge in [-0.05, 0) is 70.6 Å². The predicted molar refractivity (Wildman–Crippen MR) is 237 cm³/mol. The molecule has 0 aliphatic carbocycles. The van der Waals surface area contributed by atoms with E-state index in [1.807, 2.05) is 0 Å². The fourth-order valence-electron chi connectivity index (χ4n) is 5.78. The van der Waals surface area contributed by atoms with E-state index in [0.717, 1.165) is 89.9 Å². The molecule has 0 N–H and O–H groups in total. The molecule has 0 spiro atoms. The second-order valence-electron chi connectivity index (χ2n) is 14.6. The van der Waals surface area contributed by atoms with E-state index in [2.05, 4.69) is 106 Å². The van der Waals surface area contributed by atoms with E-state index in [9.17, 15) is 14.4 Å². The van der Waals surface area contributed by atoms with Crippen LogP contribution in [0.15, 0.2) is 85.1 Å². The van der Waals surface area contributed by atoms with Gasteiger partial charge in [-0.1, -0.05) is 189 Å². The van der Waals surface area contributed by atoms with Crippen LogP contribution >= 0.6 is 0 Å². The first kappa shape index (κ1) is 52.6. The van der Waals surface area contributed by atoms with Gasteiger partial charge in [0.15, 0.2) is 6.10 Å². The molecular formula is C50H82O6. The molecule has 0 rings (SSSR count). The van der Waals surface area contributed by atoms with Gasteiger partial charge in [-0.2, -0.15) is 0 Å². The van der Waals surface area contributed by atoms with Gasteiger partial charge in [0.05, 0.1) is 0 Å². The number of allylic oxidation sites excluding steroid dienone is 14. The van der Waals surface area contributed by atoms with Crippen molar-refractivity contribution in [3.63, 3.8) is 0 Å². The van der Waals surface area contributed by atoms with Crippen LogP contribution in [0.25, 0.3) is 0 Å². The lowest BCUT2D eigenvalue weighted by Gasteiger charge is -2.18. The Bertz CT molecular complexity index is 1120. The number of hydrogen-bond donors (Lipinski definition) is 0. The lowest BCUT2D eigenvalue weighted by Crippen LogP contribution is -2.30. The van der Waals surface area contributed by atoms with Crippen molar-refractivity contribution < 1.29 is 28.6 Å². The molecule has 0 saturated carbocycles. The molecular weight excluding hydrogens is 697 g/mol. The van der Waals surface area contributed by atoms with Crippen LogP contribution in [0.4, 0.5) is 0 Å². The quantitative estimate of drug-likeness (QED) is 0.0268. The molecule has 6 nitrogen and oxygen atoms in total. The highest BCUT2D eigenvalue weighted by atomic mass is 16.6. The lowest BCUT2D eigenvalue weighted by molar-refractivity contribution is -0.167. The first-order valence-electron chi connectivity index (χ1n) is 22.6. The number of rotatable bonds is 39. The SMILES string of the molecule is CC/C=C\C/C=C\C/C=C\C/C=C\C/C=C\C/C=C\C/C=C\CCCC(=O)OCC(COC(=O)CCCCCCCCC)OC(=O)CCCCCCCCCC. The van der Waals surface area contributed by atoms with Gasteiger partial charge >= 0.3 is 17.9 Å². The summed E-state index contributed by atoms with van der Waals surface area (Å²) in [5.41, 5.74) is 0. The summed E-state index contributed by atoms with van der Waals surface area (Å²) < 4.78 is 16.5. The Balaban J connectivity index is 4.31. The minimum absolute atomic E-state index is 0.0941. The lowest BCUT2D eigenvalue weighted by atomic mass is 10.1. The van der Waals surface area contributed by atoms with Crippen LogP contribution in [0.1, 0.15) is 194 Å². The van der Waals surface area contributed by atoms with Crippen molar-refractivity contribution in [1.29, 1.82) is 0 Å². The number of ether oxygens (including phenoxy) is 3. The molecule has 0 aromatic rings. The zero-order valence-electron chi connectivity index (χ0n) is 36.1. The molecule has 0 aliphatic heterocycles. The van der Waals surface area contributed by atoms with E-state index in [-0.39, 0.29) is 37.5 Å². The second kappa shape index (κ2) is 44.3. The van der Waals surface area contributed by atoms with Crippen LogP contribution in [-0.4, -0.2) is 37.2 Å². The molecule has 0 aromatic carbocycles. The largest absolute Gasteiger partial charge is 0.462 e. The predicted octanol–water partition coefficient (Wildman–Crippen LogP) is 14.5. The third-order valence-electron chi connectivity index (χ3n) is 9.16. The van der Waals surface area contributed by atoms with Crippen LogP contribution in [0.5, 0.6) is 0 Å². The van der Waals surface area contributed by atoms with Gasteiger partial charge in [-0.25, -0.2) is 0 Å². The van der Waals surface area contributed by atoms with Gasteiger partial charge in [0, 0.05) is 19.3 Å². The molecule has 0 heterocycles. The van der Waals surface area contributed by atoms with Crippen molar-refractivity contribution in [2.45, 2.75) is 200 Å². The Morgan fingerprint density at radius 2 is 0.696 bits per heavy atom. The maximum atomic E-state index is 12.6. The standard InChI is InChI=1S/C50H82O6/c1-4-7-10-13-16-18-19-20-21-22-23-24-25-26-27-28-29-30-31-32-35-37-40-43-49(52)55-46-47(45-54-48(51)42-39-36-33-15-12-9-6-3)56-50(53)44-41-38-34-17-14-11-8-5-2/h7,10,16,18,20-21,23-24,26-27,29-30,32,35,47H,4-6,8-9,11-15,17,19,22,25,28,31,33-34,36-46H2,1-3H3/b10-7-,18-16-,21-20-,24-23-,27-26-,30-29-,35-32-. The van der Waals surface area contributed by atoms with Crippen LogP contribution in [0.3, 0.4) is 0 Å². The average Bonchev–Trinajstić information content (AvgIpc) is 3.19. The van der Waals surface area contributed by atoms with Crippen molar-refractivity contribution in [3.8, 4) is 0 Å². The zero-order valence-corrected chi connectivity index (χ0v) is 36.1. The summed E-state index contributed by atoms with van der Waals surface area (Å²) in [6.45, 7) is 6.37. The van der Waals surface area contributed by atoms with Crippen molar-refractivity contribution in [1.82, 2.24) is 0 Å². The van der Waals surface area contributed by atoms with Gasteiger partial charge in [-0.15, -0.1) is 0 Å². The van der Waals surface area contributed by atoms with Crippen LogP contribution in [0, 0.1) is 0 Å². The summed E-state index contributed by atoms with van der Waals surface area (Å²) in [6.07, 6.45) is 56.0. The highest BCUT2D eigenvalue weighted by Crippen LogP contribution is 2.12. The monoisotopic (exact) mass is 779 g/mol. The Kier molecular flexibility index (Phi) is 41.6. The Morgan fingerprint density at radius 3 is 1.09 bits per heavy atom. The molecule has 0 bridgehead atoms. The molecule has 0 radical (unpaired) electrons. The Labute approximate surface area is 344 Å². The van der Waals surface area contributed by atoms with Crippen LogP contribution in [-0.2, 0) is 28.6 Å². The van der Waals surface area contributed by atoms with Crippen molar-refractivity contribution >= 4 is 17.9 Å². The summed E-state index contributed by atoms with van der Waals surface area (Å²) in [4.78, 5) is 37.4. The van der Waals surface area contributed by atoms with Crippen LogP contribution < -0.4 is 0 Å². The minimum Gasteiger partial charge on any atom is -0.462 e. The topological polar surface area (TPSA) is 78.9 Å². The normalized spacial score (nSPS) is 12.8. The smallest absolute Gasteiger partial charge is 0.306 e. The van der Waals surface area contributed by atoms with Crippen molar-refractivity contribution in [3.05, 3.63) is 85.1 Å². The molecule has 56 heavy (non-hydrogen) atoms. The van der Waals surface area contributed by atoms with Gasteiger partial charge in [0.2, 0.25) is 0 Å². The van der Waals surface area contributed by atoms with Gasteiger partial charge in [-0.3, -0.25) is 14.4 Å². The first-order valence-corrected chi connectivity index (χ1v) is 22.6. The number of esters is 3. The van der Waals surface area contributed by atoms with Crippen molar-refractivity contribution in [2.24, 2.45) is 0 Å². The van der Waals surface area contributed by atoms with E-state index >= 15 is 0 Å². The minimum atomic E-state index is -0.792. The molecule has 1 atom stereocenters. The van der Waals surface area contributed by atoms with E-state index < -0.39 is 6.10 Å². The van der Waals surface area contributed by atoms with E-state index in [4.69, 9.17) is 14.2 Å². The molecule has 0 saturated heterocycles. The summed E-state index contributed by atoms with van der Waals surface area (Å²) >= 11 is 0. The van der Waals surface area contributed by atoms with E-state index in [0.29, 0.717) is 19.3 Å². The van der Waals surface area contributed by atoms with Gasteiger partial charge in [0.25, 0.3) is 0 Å². The van der Waals surface area contributed by atoms with Crippen LogP contribution in [0.2, 0.25) is 0 Å². The number of carbonyl (C=O) groups is 3. The summed E-state index contributed by atoms with van der Waals surface area (Å²) in [6, 6.07) is 0. The molecule has 0 fully saturated rings. The van der Waals surface area contributed by atoms with E-state index in [1.54, 1.807) is 0 Å². The maximum Gasteiger partial charge on any atom is 0.306 e. The third-order valence-corrected chi connectivity index (χ3v) is 9.16. The molecule has 1 unspecified atom stereocenters. The van der Waals surface area contributed by atoms with Gasteiger partial charge in [0.1, 0.15) is 13.2 Å². The molecule has 318 valence electrons. The fourth-order valence-corrected chi connectivity index (χ4v) is 5.78. The number of unbranched alkanes of at least 4 members (excludes halogenated alkanes) is 14. The van der Waals surface area contributed by atoms with E-state index in [1.165, 1.54) is 57.8 Å². The number of carbonyl (C=O) groups excluding carboxylic acids is 3.